The smallest absolute Gasteiger partial charge is 0.164 e. The van der Waals surface area contributed by atoms with Gasteiger partial charge >= 0.3 is 0 Å². The number of fused-ring (bicyclic) bond motifs is 11. The van der Waals surface area contributed by atoms with Gasteiger partial charge in [0.05, 0.1) is 37.2 Å². The van der Waals surface area contributed by atoms with Crippen molar-refractivity contribution >= 4 is 75.1 Å². The van der Waals surface area contributed by atoms with Crippen molar-refractivity contribution < 1.29 is 0 Å². The molecule has 0 N–H and O–H groups in total. The van der Waals surface area contributed by atoms with Crippen LogP contribution in [0.4, 0.5) is 0 Å². The van der Waals surface area contributed by atoms with Gasteiger partial charge in [0.15, 0.2) is 17.5 Å². The summed E-state index contributed by atoms with van der Waals surface area (Å²) in [7, 11) is 0. The van der Waals surface area contributed by atoms with E-state index in [9.17, 15) is 0 Å². The first-order chi connectivity index (χ1) is 37.2. The van der Waals surface area contributed by atoms with E-state index in [1.54, 1.807) is 0 Å². The molecule has 11 aromatic carbocycles. The molecule has 0 aliphatic heterocycles. The highest BCUT2D eigenvalue weighted by Gasteiger charge is 2.23. The Morgan fingerprint density at radius 2 is 0.680 bits per heavy atom. The first-order valence-electron chi connectivity index (χ1n) is 25.3. The van der Waals surface area contributed by atoms with Gasteiger partial charge in [-0.05, 0) is 76.3 Å². The average molecular weight is 974 g/mol. The quantitative estimate of drug-likeness (QED) is 0.152. The maximum absolute atomic E-state index is 5.22. The van der Waals surface area contributed by atoms with E-state index in [-0.39, 0.29) is 0 Å². The predicted octanol–water partition coefficient (Wildman–Crippen LogP) is 18.4. The Balaban J connectivity index is 0.902. The number of rotatable bonds is 8. The van der Waals surface area contributed by atoms with Crippen LogP contribution in [0.25, 0.3) is 143 Å². The average Bonchev–Trinajstić information content (AvgIpc) is 4.16. The molecule has 0 aliphatic rings. The lowest BCUT2D eigenvalue weighted by molar-refractivity contribution is 1.07. The van der Waals surface area contributed by atoms with Crippen molar-refractivity contribution in [2.24, 2.45) is 0 Å². The van der Waals surface area contributed by atoms with Crippen molar-refractivity contribution in [2.45, 2.75) is 0 Å². The number of nitrogens with zero attached hydrogens (tertiary/aromatic N) is 5. The Bertz CT molecular complexity index is 4670. The summed E-state index contributed by atoms with van der Waals surface area (Å²) in [4.78, 5) is 15.6. The minimum Gasteiger partial charge on any atom is -0.308 e. The zero-order valence-electron chi connectivity index (χ0n) is 40.5. The van der Waals surface area contributed by atoms with E-state index in [4.69, 9.17) is 15.0 Å². The highest BCUT2D eigenvalue weighted by Crippen LogP contribution is 2.48. The summed E-state index contributed by atoms with van der Waals surface area (Å²) in [6.45, 7) is 0. The Morgan fingerprint density at radius 3 is 1.29 bits per heavy atom. The molecule has 0 aliphatic carbocycles. The molecule has 0 saturated heterocycles. The number of hydrogen-bond donors (Lipinski definition) is 0. The lowest BCUT2D eigenvalue weighted by Crippen LogP contribution is -2.01. The van der Waals surface area contributed by atoms with Crippen LogP contribution in [0, 0.1) is 0 Å². The van der Waals surface area contributed by atoms with Gasteiger partial charge in [-0.3, -0.25) is 0 Å². The molecule has 0 saturated carbocycles. The maximum atomic E-state index is 5.22. The van der Waals surface area contributed by atoms with Crippen molar-refractivity contribution in [1.29, 1.82) is 0 Å². The molecule has 0 spiro atoms. The van der Waals surface area contributed by atoms with Crippen LogP contribution < -0.4 is 0 Å². The largest absolute Gasteiger partial charge is 0.308 e. The number of benzene rings is 11. The van der Waals surface area contributed by atoms with Crippen LogP contribution in [0.5, 0.6) is 0 Å². The third-order valence-electron chi connectivity index (χ3n) is 14.8. The molecule has 0 atom stereocenters. The summed E-state index contributed by atoms with van der Waals surface area (Å²) in [6.07, 6.45) is 0. The zero-order valence-corrected chi connectivity index (χ0v) is 41.3. The van der Waals surface area contributed by atoms with Crippen LogP contribution in [0.2, 0.25) is 0 Å². The Hall–Kier alpha value is -9.75. The SMILES string of the molecule is c1ccc(-c2ccc(-c3nc(-c4ccc(-n5c6ccccc6c6ccc7c8ccc9c%10ccccc%10n(-c%10ccccc%10-c%10ccccc%10)c9c8sc7c65)cc4)nc(-c4cccc(-c5ccccc5)c4)n3)cc2)cc1. The third kappa shape index (κ3) is 7.10. The highest BCUT2D eigenvalue weighted by atomic mass is 32.1. The van der Waals surface area contributed by atoms with Crippen LogP contribution in [-0.4, -0.2) is 24.1 Å². The molecule has 4 aromatic heterocycles. The van der Waals surface area contributed by atoms with E-state index < -0.39 is 0 Å². The van der Waals surface area contributed by atoms with Gasteiger partial charge in [0, 0.05) is 60.3 Å². The molecule has 6 heteroatoms. The van der Waals surface area contributed by atoms with Crippen LogP contribution >= 0.6 is 11.3 Å². The van der Waals surface area contributed by atoms with Crippen molar-refractivity contribution in [2.75, 3.05) is 0 Å². The molecular formula is C69H43N5S. The number of aromatic nitrogens is 5. The van der Waals surface area contributed by atoms with Crippen LogP contribution in [0.3, 0.4) is 0 Å². The van der Waals surface area contributed by atoms with Gasteiger partial charge in [0.1, 0.15) is 0 Å². The first-order valence-corrected chi connectivity index (χ1v) is 26.2. The standard InChI is InChI=1S/C69H43N5S/c1-4-17-44(18-5-1)46-31-33-48(34-32-46)67-70-68(72-69(71-67)51-24-16-23-50(43-51)45-19-6-2-7-20-45)49-35-37-52(38-36-49)73-61-29-14-11-26-54(61)56-39-41-58-59-42-40-57-55-27-12-15-30-62(55)74(64(57)66(59)75-65(58)63(56)73)60-28-13-10-25-53(60)47-21-8-3-9-22-47/h1-43H. The molecule has 0 fully saturated rings. The second kappa shape index (κ2) is 17.5. The Kier molecular flexibility index (Phi) is 10.00. The van der Waals surface area contributed by atoms with E-state index in [0.717, 1.165) is 50.1 Å². The molecule has 15 rings (SSSR count). The number of hydrogen-bond acceptors (Lipinski definition) is 4. The third-order valence-corrected chi connectivity index (χ3v) is 16.0. The molecule has 75 heavy (non-hydrogen) atoms. The molecular weight excluding hydrogens is 931 g/mol. The molecule has 4 heterocycles. The van der Waals surface area contributed by atoms with Gasteiger partial charge in [-0.1, -0.05) is 212 Å². The maximum Gasteiger partial charge on any atom is 0.164 e. The van der Waals surface area contributed by atoms with E-state index in [1.807, 2.05) is 23.5 Å². The van der Waals surface area contributed by atoms with Gasteiger partial charge in [0.25, 0.3) is 0 Å². The van der Waals surface area contributed by atoms with Crippen molar-refractivity contribution in [1.82, 2.24) is 24.1 Å². The summed E-state index contributed by atoms with van der Waals surface area (Å²) in [5, 5.41) is 7.43. The normalized spacial score (nSPS) is 11.7. The van der Waals surface area contributed by atoms with Gasteiger partial charge in [-0.2, -0.15) is 0 Å². The van der Waals surface area contributed by atoms with Crippen LogP contribution in [0.15, 0.2) is 261 Å². The fraction of sp³-hybridized carbons (Fsp3) is 0. The zero-order chi connectivity index (χ0) is 49.4. The second-order valence-corrected chi connectivity index (χ2v) is 20.1. The molecule has 0 radical (unpaired) electrons. The van der Waals surface area contributed by atoms with Crippen molar-refractivity contribution in [3.05, 3.63) is 261 Å². The molecule has 0 unspecified atom stereocenters. The molecule has 5 nitrogen and oxygen atoms in total. The molecule has 15 aromatic rings. The van der Waals surface area contributed by atoms with Crippen molar-refractivity contribution in [3.8, 4) is 78.9 Å². The Morgan fingerprint density at radius 1 is 0.267 bits per heavy atom. The lowest BCUT2D eigenvalue weighted by Gasteiger charge is -2.14. The van der Waals surface area contributed by atoms with Crippen molar-refractivity contribution in [3.63, 3.8) is 0 Å². The fourth-order valence-corrected chi connectivity index (χ4v) is 12.6. The van der Waals surface area contributed by atoms with Crippen LogP contribution in [-0.2, 0) is 0 Å². The summed E-state index contributed by atoms with van der Waals surface area (Å²) < 4.78 is 7.49. The number of thiophene rings is 1. The van der Waals surface area contributed by atoms with E-state index in [2.05, 4.69) is 258 Å². The first kappa shape index (κ1) is 42.9. The minimum atomic E-state index is 0.612. The molecule has 350 valence electrons. The van der Waals surface area contributed by atoms with Gasteiger partial charge < -0.3 is 9.13 Å². The van der Waals surface area contributed by atoms with E-state index in [0.29, 0.717) is 17.5 Å². The summed E-state index contributed by atoms with van der Waals surface area (Å²) in [5.74, 6) is 1.85. The fourth-order valence-electron chi connectivity index (χ4n) is 11.3. The number of para-hydroxylation sites is 3. The topological polar surface area (TPSA) is 48.5 Å². The molecule has 0 bridgehead atoms. The minimum absolute atomic E-state index is 0.612. The highest BCUT2D eigenvalue weighted by molar-refractivity contribution is 7.27. The van der Waals surface area contributed by atoms with E-state index >= 15 is 0 Å². The monoisotopic (exact) mass is 973 g/mol. The summed E-state index contributed by atoms with van der Waals surface area (Å²) in [5.41, 5.74) is 16.7. The Labute approximate surface area is 436 Å². The lowest BCUT2D eigenvalue weighted by atomic mass is 10.0. The van der Waals surface area contributed by atoms with Gasteiger partial charge in [0.2, 0.25) is 0 Å². The summed E-state index contributed by atoms with van der Waals surface area (Å²) >= 11 is 1.90. The summed E-state index contributed by atoms with van der Waals surface area (Å²) in [6, 6.07) is 93.2. The second-order valence-electron chi connectivity index (χ2n) is 19.1. The van der Waals surface area contributed by atoms with Gasteiger partial charge in [-0.25, -0.2) is 15.0 Å². The molecule has 0 amide bonds. The predicted molar refractivity (Wildman–Crippen MR) is 314 cm³/mol. The van der Waals surface area contributed by atoms with Crippen LogP contribution in [0.1, 0.15) is 0 Å². The van der Waals surface area contributed by atoms with E-state index in [1.165, 1.54) is 75.1 Å². The van der Waals surface area contributed by atoms with Gasteiger partial charge in [-0.15, -0.1) is 11.3 Å².